The first-order valence-corrected chi connectivity index (χ1v) is 4.79. The van der Waals surface area contributed by atoms with Crippen molar-refractivity contribution in [3.63, 3.8) is 0 Å². The van der Waals surface area contributed by atoms with E-state index in [0.29, 0.717) is 18.8 Å². The van der Waals surface area contributed by atoms with Crippen molar-refractivity contribution < 1.29 is 19.0 Å². The molecule has 1 saturated carbocycles. The van der Waals surface area contributed by atoms with Gasteiger partial charge in [0.15, 0.2) is 0 Å². The molecule has 1 heterocycles. The van der Waals surface area contributed by atoms with Gasteiger partial charge in [-0.3, -0.25) is 4.79 Å². The third-order valence-corrected chi connectivity index (χ3v) is 3.34. The van der Waals surface area contributed by atoms with Crippen molar-refractivity contribution in [3.05, 3.63) is 29.6 Å². The van der Waals surface area contributed by atoms with E-state index in [0.717, 1.165) is 5.56 Å². The fourth-order valence-corrected chi connectivity index (χ4v) is 2.39. The van der Waals surface area contributed by atoms with Gasteiger partial charge in [-0.15, -0.1) is 0 Å². The second-order valence-corrected chi connectivity index (χ2v) is 4.18. The smallest absolute Gasteiger partial charge is 0.307 e. The van der Waals surface area contributed by atoms with Crippen molar-refractivity contribution in [3.8, 4) is 5.75 Å². The van der Waals surface area contributed by atoms with E-state index in [4.69, 9.17) is 9.84 Å². The zero-order valence-corrected chi connectivity index (χ0v) is 7.87. The van der Waals surface area contributed by atoms with E-state index in [1.165, 1.54) is 12.1 Å². The average Bonchev–Trinajstić information content (AvgIpc) is 2.81. The Bertz CT molecular complexity index is 457. The molecule has 1 spiro atoms. The maximum atomic E-state index is 13.1. The number of benzene rings is 1. The van der Waals surface area contributed by atoms with Crippen molar-refractivity contribution in [1.82, 2.24) is 0 Å². The topological polar surface area (TPSA) is 46.5 Å². The van der Waals surface area contributed by atoms with Gasteiger partial charge in [0.25, 0.3) is 0 Å². The van der Waals surface area contributed by atoms with Gasteiger partial charge in [0, 0.05) is 11.0 Å². The maximum absolute atomic E-state index is 13.1. The summed E-state index contributed by atoms with van der Waals surface area (Å²) in [6.07, 6.45) is 0.554. The zero-order valence-electron chi connectivity index (χ0n) is 7.87. The van der Waals surface area contributed by atoms with Gasteiger partial charge in [0.1, 0.15) is 11.6 Å². The Hall–Kier alpha value is -1.58. The van der Waals surface area contributed by atoms with Crippen LogP contribution in [0.1, 0.15) is 12.0 Å². The summed E-state index contributed by atoms with van der Waals surface area (Å²) in [4.78, 5) is 10.9. The molecule has 0 unspecified atom stereocenters. The number of aliphatic carboxylic acids is 1. The summed E-state index contributed by atoms with van der Waals surface area (Å²) in [5, 5.41) is 8.92. The standard InChI is InChI=1S/C11H9FO3/c12-6-1-2-9-7(3-6)11(5-15-9)4-8(11)10(13)14/h1-3,8H,4-5H2,(H,13,14)/t8-,11+/m1/s1. The van der Waals surface area contributed by atoms with Crippen LogP contribution in [-0.4, -0.2) is 17.7 Å². The van der Waals surface area contributed by atoms with Crippen LogP contribution in [0, 0.1) is 11.7 Å². The van der Waals surface area contributed by atoms with Crippen LogP contribution in [0.4, 0.5) is 4.39 Å². The minimum absolute atomic E-state index is 0.338. The van der Waals surface area contributed by atoms with E-state index in [1.54, 1.807) is 6.07 Å². The van der Waals surface area contributed by atoms with E-state index in [9.17, 15) is 9.18 Å². The molecule has 0 aromatic heterocycles. The molecule has 2 aliphatic rings. The fourth-order valence-electron chi connectivity index (χ4n) is 2.39. The molecule has 1 N–H and O–H groups in total. The van der Waals surface area contributed by atoms with E-state index in [2.05, 4.69) is 0 Å². The lowest BCUT2D eigenvalue weighted by Gasteiger charge is -2.05. The predicted molar refractivity (Wildman–Crippen MR) is 49.3 cm³/mol. The Labute approximate surface area is 85.5 Å². The summed E-state index contributed by atoms with van der Waals surface area (Å²) in [6, 6.07) is 4.29. The number of halogens is 1. The lowest BCUT2D eigenvalue weighted by Crippen LogP contribution is -2.16. The number of hydrogen-bond acceptors (Lipinski definition) is 2. The van der Waals surface area contributed by atoms with E-state index in [-0.39, 0.29) is 5.82 Å². The fraction of sp³-hybridized carbons (Fsp3) is 0.364. The van der Waals surface area contributed by atoms with Crippen molar-refractivity contribution in [2.75, 3.05) is 6.61 Å². The molecule has 3 rings (SSSR count). The third-order valence-electron chi connectivity index (χ3n) is 3.34. The quantitative estimate of drug-likeness (QED) is 0.761. The number of hydrogen-bond donors (Lipinski definition) is 1. The van der Waals surface area contributed by atoms with Crippen molar-refractivity contribution in [2.24, 2.45) is 5.92 Å². The summed E-state index contributed by atoms with van der Waals surface area (Å²) in [6.45, 7) is 0.364. The van der Waals surface area contributed by atoms with Gasteiger partial charge in [-0.2, -0.15) is 0 Å². The van der Waals surface area contributed by atoms with Crippen LogP contribution in [0.25, 0.3) is 0 Å². The minimum Gasteiger partial charge on any atom is -0.492 e. The second kappa shape index (κ2) is 2.51. The van der Waals surface area contributed by atoms with Crippen molar-refractivity contribution in [1.29, 1.82) is 0 Å². The number of carboxylic acid groups (broad SMARTS) is 1. The summed E-state index contributed by atoms with van der Waals surface area (Å²) < 4.78 is 18.4. The van der Waals surface area contributed by atoms with Crippen LogP contribution >= 0.6 is 0 Å². The lowest BCUT2D eigenvalue weighted by molar-refractivity contribution is -0.139. The third kappa shape index (κ3) is 1.02. The molecule has 78 valence electrons. The number of fused-ring (bicyclic) bond motifs is 2. The Balaban J connectivity index is 2.06. The molecule has 0 radical (unpaired) electrons. The molecule has 0 saturated heterocycles. The second-order valence-electron chi connectivity index (χ2n) is 4.18. The molecular weight excluding hydrogens is 199 g/mol. The molecule has 3 nitrogen and oxygen atoms in total. The molecule has 4 heteroatoms. The Kier molecular flexibility index (Phi) is 1.45. The maximum Gasteiger partial charge on any atom is 0.307 e. The first-order chi connectivity index (χ1) is 7.13. The molecule has 1 aromatic carbocycles. The van der Waals surface area contributed by atoms with E-state index in [1.807, 2.05) is 0 Å². The molecule has 0 bridgehead atoms. The minimum atomic E-state index is -0.823. The molecule has 1 fully saturated rings. The van der Waals surface area contributed by atoms with Gasteiger partial charge in [-0.1, -0.05) is 0 Å². The largest absolute Gasteiger partial charge is 0.492 e. The van der Waals surface area contributed by atoms with Crippen LogP contribution in [0.2, 0.25) is 0 Å². The van der Waals surface area contributed by atoms with Gasteiger partial charge in [-0.25, -0.2) is 4.39 Å². The molecule has 1 aliphatic heterocycles. The predicted octanol–water partition coefficient (Wildman–Crippen LogP) is 1.56. The molecule has 1 aromatic rings. The zero-order chi connectivity index (χ0) is 10.6. The highest BCUT2D eigenvalue weighted by atomic mass is 19.1. The number of rotatable bonds is 1. The number of carboxylic acids is 1. The first kappa shape index (κ1) is 8.71. The Morgan fingerprint density at radius 1 is 1.60 bits per heavy atom. The van der Waals surface area contributed by atoms with E-state index < -0.39 is 17.3 Å². The number of ether oxygens (including phenoxy) is 1. The summed E-state index contributed by atoms with van der Waals surface area (Å²) in [7, 11) is 0. The normalized spacial score (nSPS) is 31.1. The number of carbonyl (C=O) groups is 1. The molecule has 1 aliphatic carbocycles. The van der Waals surface area contributed by atoms with Crippen LogP contribution in [0.15, 0.2) is 18.2 Å². The lowest BCUT2D eigenvalue weighted by atomic mass is 9.95. The Morgan fingerprint density at radius 3 is 3.07 bits per heavy atom. The van der Waals surface area contributed by atoms with Crippen LogP contribution < -0.4 is 4.74 Å². The molecule has 2 atom stereocenters. The van der Waals surface area contributed by atoms with Crippen LogP contribution in [-0.2, 0) is 10.2 Å². The van der Waals surface area contributed by atoms with Gasteiger partial charge < -0.3 is 9.84 Å². The van der Waals surface area contributed by atoms with Crippen LogP contribution in [0.5, 0.6) is 5.75 Å². The van der Waals surface area contributed by atoms with Gasteiger partial charge >= 0.3 is 5.97 Å². The summed E-state index contributed by atoms with van der Waals surface area (Å²) >= 11 is 0. The molecule has 0 amide bonds. The van der Waals surface area contributed by atoms with Crippen molar-refractivity contribution in [2.45, 2.75) is 11.8 Å². The molecular formula is C11H9FO3. The monoisotopic (exact) mass is 208 g/mol. The first-order valence-electron chi connectivity index (χ1n) is 4.79. The van der Waals surface area contributed by atoms with Gasteiger partial charge in [0.2, 0.25) is 0 Å². The van der Waals surface area contributed by atoms with E-state index >= 15 is 0 Å². The highest BCUT2D eigenvalue weighted by Gasteiger charge is 2.63. The SMILES string of the molecule is O=C(O)[C@H]1C[C@@]12COc1ccc(F)cc12. The van der Waals surface area contributed by atoms with Gasteiger partial charge in [-0.05, 0) is 24.6 Å². The highest BCUT2D eigenvalue weighted by molar-refractivity contribution is 5.78. The highest BCUT2D eigenvalue weighted by Crippen LogP contribution is 2.60. The summed E-state index contributed by atoms with van der Waals surface area (Å²) in [5.74, 6) is -0.953. The van der Waals surface area contributed by atoms with Crippen molar-refractivity contribution >= 4 is 5.97 Å². The van der Waals surface area contributed by atoms with Crippen LogP contribution in [0.3, 0.4) is 0 Å². The molecule has 15 heavy (non-hydrogen) atoms. The summed E-state index contributed by atoms with van der Waals surface area (Å²) in [5.41, 5.74) is 0.262. The van der Waals surface area contributed by atoms with Gasteiger partial charge in [0.05, 0.1) is 12.5 Å². The average molecular weight is 208 g/mol. The Morgan fingerprint density at radius 2 is 2.40 bits per heavy atom.